The van der Waals surface area contributed by atoms with E-state index in [0.717, 1.165) is 22.1 Å². The van der Waals surface area contributed by atoms with Crippen LogP contribution in [0.3, 0.4) is 0 Å². The minimum atomic E-state index is -4.22. The SMILES string of the molecule is FC(F)(F)c1ccc(CI)cc1. The van der Waals surface area contributed by atoms with Gasteiger partial charge in [-0.05, 0) is 17.7 Å². The van der Waals surface area contributed by atoms with Crippen LogP contribution in [0.2, 0.25) is 0 Å². The molecule has 1 aromatic carbocycles. The molecule has 0 heterocycles. The minimum Gasteiger partial charge on any atom is -0.166 e. The van der Waals surface area contributed by atoms with E-state index in [2.05, 4.69) is 22.6 Å². The standard InChI is InChI=1S/C8H6F3I/c9-8(10,11)7-3-1-6(5-12)2-4-7/h1-4H,5H2. The molecule has 0 bridgehead atoms. The summed E-state index contributed by atoms with van der Waals surface area (Å²) in [6.07, 6.45) is -4.22. The Morgan fingerprint density at radius 3 is 1.92 bits per heavy atom. The van der Waals surface area contributed by atoms with Crippen molar-refractivity contribution >= 4 is 22.6 Å². The van der Waals surface area contributed by atoms with Crippen LogP contribution in [0.4, 0.5) is 13.2 Å². The van der Waals surface area contributed by atoms with E-state index in [0.29, 0.717) is 0 Å². The summed E-state index contributed by atoms with van der Waals surface area (Å²) in [6.45, 7) is 0. The molecule has 12 heavy (non-hydrogen) atoms. The van der Waals surface area contributed by atoms with Crippen LogP contribution in [0.15, 0.2) is 24.3 Å². The van der Waals surface area contributed by atoms with E-state index in [1.54, 1.807) is 0 Å². The van der Waals surface area contributed by atoms with E-state index in [1.165, 1.54) is 12.1 Å². The third-order valence-corrected chi connectivity index (χ3v) is 2.32. The van der Waals surface area contributed by atoms with Gasteiger partial charge in [0.25, 0.3) is 0 Å². The maximum Gasteiger partial charge on any atom is 0.416 e. The van der Waals surface area contributed by atoms with Gasteiger partial charge < -0.3 is 0 Å². The van der Waals surface area contributed by atoms with Gasteiger partial charge >= 0.3 is 6.18 Å². The van der Waals surface area contributed by atoms with Gasteiger partial charge in [0.05, 0.1) is 5.56 Å². The van der Waals surface area contributed by atoms with Gasteiger partial charge in [0.1, 0.15) is 0 Å². The zero-order valence-corrected chi connectivity index (χ0v) is 8.19. The molecule has 0 N–H and O–H groups in total. The molecule has 0 saturated heterocycles. The Morgan fingerprint density at radius 1 is 1.08 bits per heavy atom. The van der Waals surface area contributed by atoms with Gasteiger partial charge in [0.15, 0.2) is 0 Å². The zero-order chi connectivity index (χ0) is 9.19. The molecule has 0 aliphatic carbocycles. The van der Waals surface area contributed by atoms with Crippen LogP contribution >= 0.6 is 22.6 Å². The summed E-state index contributed by atoms with van der Waals surface area (Å²) >= 11 is 2.10. The van der Waals surface area contributed by atoms with E-state index in [-0.39, 0.29) is 0 Å². The molecule has 0 unspecified atom stereocenters. The molecule has 0 nitrogen and oxygen atoms in total. The lowest BCUT2D eigenvalue weighted by Gasteiger charge is -2.05. The van der Waals surface area contributed by atoms with Crippen LogP contribution in [0, 0.1) is 0 Å². The van der Waals surface area contributed by atoms with Crippen molar-refractivity contribution in [1.82, 2.24) is 0 Å². The summed E-state index contributed by atoms with van der Waals surface area (Å²) in [5, 5.41) is 0. The quantitative estimate of drug-likeness (QED) is 0.546. The average molecular weight is 286 g/mol. The van der Waals surface area contributed by atoms with E-state index in [4.69, 9.17) is 0 Å². The monoisotopic (exact) mass is 286 g/mol. The Balaban J connectivity index is 2.93. The Labute approximate surface area is 81.9 Å². The molecule has 1 rings (SSSR count). The molecule has 0 aromatic heterocycles. The van der Waals surface area contributed by atoms with Gasteiger partial charge in [0, 0.05) is 4.43 Å². The van der Waals surface area contributed by atoms with Crippen molar-refractivity contribution in [2.45, 2.75) is 10.6 Å². The van der Waals surface area contributed by atoms with Crippen molar-refractivity contribution in [3.05, 3.63) is 35.4 Å². The summed E-state index contributed by atoms with van der Waals surface area (Å²) in [5.74, 6) is 0. The van der Waals surface area contributed by atoms with Crippen LogP contribution < -0.4 is 0 Å². The summed E-state index contributed by atoms with van der Waals surface area (Å²) in [7, 11) is 0. The Morgan fingerprint density at radius 2 is 1.58 bits per heavy atom. The predicted octanol–water partition coefficient (Wildman–Crippen LogP) is 3.64. The maximum atomic E-state index is 12.0. The minimum absolute atomic E-state index is 0.587. The highest BCUT2D eigenvalue weighted by molar-refractivity contribution is 14.1. The molecule has 0 aliphatic heterocycles. The van der Waals surface area contributed by atoms with Gasteiger partial charge in [0.2, 0.25) is 0 Å². The molecule has 0 saturated carbocycles. The Hall–Kier alpha value is -0.260. The zero-order valence-electron chi connectivity index (χ0n) is 6.03. The number of benzene rings is 1. The van der Waals surface area contributed by atoms with Crippen molar-refractivity contribution < 1.29 is 13.2 Å². The summed E-state index contributed by atoms with van der Waals surface area (Å²) in [4.78, 5) is 0. The highest BCUT2D eigenvalue weighted by Crippen LogP contribution is 2.29. The third kappa shape index (κ3) is 2.36. The Kier molecular flexibility index (Phi) is 2.98. The molecule has 0 amide bonds. The smallest absolute Gasteiger partial charge is 0.166 e. The van der Waals surface area contributed by atoms with E-state index in [9.17, 15) is 13.2 Å². The molecule has 0 fully saturated rings. The van der Waals surface area contributed by atoms with Crippen LogP contribution in [-0.4, -0.2) is 0 Å². The van der Waals surface area contributed by atoms with Crippen molar-refractivity contribution in [2.75, 3.05) is 0 Å². The molecular formula is C8H6F3I. The molecule has 0 atom stereocenters. The second-order valence-electron chi connectivity index (χ2n) is 2.33. The molecular weight excluding hydrogens is 280 g/mol. The lowest BCUT2D eigenvalue weighted by Crippen LogP contribution is -2.04. The average Bonchev–Trinajstić information content (AvgIpc) is 2.03. The maximum absolute atomic E-state index is 12.0. The van der Waals surface area contributed by atoms with Crippen LogP contribution in [-0.2, 0) is 10.6 Å². The van der Waals surface area contributed by atoms with Crippen molar-refractivity contribution in [2.24, 2.45) is 0 Å². The number of alkyl halides is 4. The number of halogens is 4. The normalized spacial score (nSPS) is 11.7. The van der Waals surface area contributed by atoms with E-state index < -0.39 is 11.7 Å². The van der Waals surface area contributed by atoms with Gasteiger partial charge in [-0.2, -0.15) is 13.2 Å². The lowest BCUT2D eigenvalue weighted by atomic mass is 10.1. The fraction of sp³-hybridized carbons (Fsp3) is 0.250. The molecule has 0 radical (unpaired) electrons. The third-order valence-electron chi connectivity index (χ3n) is 1.44. The first-order valence-electron chi connectivity index (χ1n) is 3.26. The highest BCUT2D eigenvalue weighted by atomic mass is 127. The number of rotatable bonds is 1. The summed E-state index contributed by atoms with van der Waals surface area (Å²) < 4.78 is 36.8. The van der Waals surface area contributed by atoms with Crippen LogP contribution in [0.1, 0.15) is 11.1 Å². The fourth-order valence-corrected chi connectivity index (χ4v) is 1.29. The first-order valence-corrected chi connectivity index (χ1v) is 4.78. The molecule has 1 aromatic rings. The summed E-state index contributed by atoms with van der Waals surface area (Å²) in [5.41, 5.74) is 0.319. The van der Waals surface area contributed by atoms with E-state index >= 15 is 0 Å². The first kappa shape index (κ1) is 9.83. The Bertz CT molecular complexity index is 250. The number of hydrogen-bond donors (Lipinski definition) is 0. The van der Waals surface area contributed by atoms with Crippen LogP contribution in [0.5, 0.6) is 0 Å². The van der Waals surface area contributed by atoms with Crippen molar-refractivity contribution in [3.8, 4) is 0 Å². The second kappa shape index (κ2) is 3.64. The van der Waals surface area contributed by atoms with Gasteiger partial charge in [-0.15, -0.1) is 0 Å². The molecule has 66 valence electrons. The molecule has 0 spiro atoms. The molecule has 4 heteroatoms. The molecule has 0 aliphatic rings. The first-order chi connectivity index (χ1) is 5.54. The van der Waals surface area contributed by atoms with Crippen LogP contribution in [0.25, 0.3) is 0 Å². The summed E-state index contributed by atoms with van der Waals surface area (Å²) in [6, 6.07) is 5.20. The largest absolute Gasteiger partial charge is 0.416 e. The fourth-order valence-electron chi connectivity index (χ4n) is 0.783. The second-order valence-corrected chi connectivity index (χ2v) is 3.09. The van der Waals surface area contributed by atoms with Crippen molar-refractivity contribution in [3.63, 3.8) is 0 Å². The lowest BCUT2D eigenvalue weighted by molar-refractivity contribution is -0.137. The van der Waals surface area contributed by atoms with Gasteiger partial charge in [-0.25, -0.2) is 0 Å². The van der Waals surface area contributed by atoms with Crippen molar-refractivity contribution in [1.29, 1.82) is 0 Å². The topological polar surface area (TPSA) is 0 Å². The number of hydrogen-bond acceptors (Lipinski definition) is 0. The van der Waals surface area contributed by atoms with Gasteiger partial charge in [-0.3, -0.25) is 0 Å². The van der Waals surface area contributed by atoms with E-state index in [1.807, 2.05) is 0 Å². The van der Waals surface area contributed by atoms with Gasteiger partial charge in [-0.1, -0.05) is 34.7 Å². The predicted molar refractivity (Wildman–Crippen MR) is 49.2 cm³/mol. The highest BCUT2D eigenvalue weighted by Gasteiger charge is 2.29.